The summed E-state index contributed by atoms with van der Waals surface area (Å²) in [5.41, 5.74) is 7.61. The lowest BCUT2D eigenvalue weighted by molar-refractivity contribution is -0.122. The first kappa shape index (κ1) is 16.2. The Morgan fingerprint density at radius 1 is 1.33 bits per heavy atom. The Kier molecular flexibility index (Phi) is 4.86. The number of aromatic nitrogens is 1. The van der Waals surface area contributed by atoms with Crippen LogP contribution in [0.1, 0.15) is 37.7 Å². The standard InChI is InChI=1S/C15H19N3OS.ClH/c1-10-6-5-7-11-12(10)17-14(20-11)18-13(19)15(16)8-3-2-4-9-15;/h5-7H,2-4,8-9,16H2,1H3,(H,17,18,19);1H. The molecule has 0 atom stereocenters. The number of para-hydroxylation sites is 1. The number of hydrogen-bond donors (Lipinski definition) is 2. The third-order valence-corrected chi connectivity index (χ3v) is 4.98. The van der Waals surface area contributed by atoms with Crippen LogP contribution in [0.2, 0.25) is 0 Å². The molecular weight excluding hydrogens is 306 g/mol. The van der Waals surface area contributed by atoms with Gasteiger partial charge in [-0.2, -0.15) is 0 Å². The number of benzene rings is 1. The SMILES string of the molecule is Cc1cccc2sc(NC(=O)C3(N)CCCCC3)nc12.Cl. The first-order valence-corrected chi connectivity index (χ1v) is 7.87. The summed E-state index contributed by atoms with van der Waals surface area (Å²) >= 11 is 1.50. The second kappa shape index (κ2) is 6.30. The summed E-state index contributed by atoms with van der Waals surface area (Å²) in [4.78, 5) is 16.9. The average Bonchev–Trinajstić information content (AvgIpc) is 2.83. The smallest absolute Gasteiger partial charge is 0.246 e. The maximum atomic E-state index is 12.4. The summed E-state index contributed by atoms with van der Waals surface area (Å²) in [6, 6.07) is 6.06. The molecule has 0 saturated heterocycles. The number of nitrogens with two attached hydrogens (primary N) is 1. The molecule has 3 rings (SSSR count). The summed E-state index contributed by atoms with van der Waals surface area (Å²) in [6.07, 6.45) is 4.77. The molecule has 1 saturated carbocycles. The first-order chi connectivity index (χ1) is 9.58. The zero-order valence-corrected chi connectivity index (χ0v) is 13.6. The Labute approximate surface area is 134 Å². The van der Waals surface area contributed by atoms with Crippen molar-refractivity contribution in [1.29, 1.82) is 0 Å². The number of carbonyl (C=O) groups is 1. The zero-order valence-electron chi connectivity index (χ0n) is 12.0. The third-order valence-electron chi connectivity index (χ3n) is 4.04. The lowest BCUT2D eigenvalue weighted by Crippen LogP contribution is -2.52. The van der Waals surface area contributed by atoms with E-state index in [0.29, 0.717) is 5.13 Å². The van der Waals surface area contributed by atoms with Gasteiger partial charge < -0.3 is 11.1 Å². The van der Waals surface area contributed by atoms with Gasteiger partial charge in [-0.1, -0.05) is 42.7 Å². The van der Waals surface area contributed by atoms with Crippen LogP contribution in [0.5, 0.6) is 0 Å². The van der Waals surface area contributed by atoms with Crippen LogP contribution in [0.15, 0.2) is 18.2 Å². The predicted molar refractivity (Wildman–Crippen MR) is 90.2 cm³/mol. The number of carbonyl (C=O) groups excluding carboxylic acids is 1. The van der Waals surface area contributed by atoms with E-state index in [2.05, 4.69) is 10.3 Å². The van der Waals surface area contributed by atoms with E-state index in [9.17, 15) is 4.79 Å². The van der Waals surface area contributed by atoms with Crippen molar-refractivity contribution < 1.29 is 4.79 Å². The van der Waals surface area contributed by atoms with Gasteiger partial charge in [0.25, 0.3) is 0 Å². The van der Waals surface area contributed by atoms with Crippen LogP contribution in [0.4, 0.5) is 5.13 Å². The highest BCUT2D eigenvalue weighted by Gasteiger charge is 2.35. The fraction of sp³-hybridized carbons (Fsp3) is 0.467. The highest BCUT2D eigenvalue weighted by molar-refractivity contribution is 7.22. The van der Waals surface area contributed by atoms with Crippen molar-refractivity contribution >= 4 is 45.0 Å². The molecule has 1 amide bonds. The third kappa shape index (κ3) is 3.20. The summed E-state index contributed by atoms with van der Waals surface area (Å²) in [5, 5.41) is 3.56. The minimum absolute atomic E-state index is 0. The quantitative estimate of drug-likeness (QED) is 0.886. The molecule has 0 radical (unpaired) electrons. The molecule has 1 heterocycles. The first-order valence-electron chi connectivity index (χ1n) is 7.05. The molecule has 1 fully saturated rings. The summed E-state index contributed by atoms with van der Waals surface area (Å²) in [5.74, 6) is -0.0890. The molecule has 0 unspecified atom stereocenters. The number of amides is 1. The Balaban J connectivity index is 0.00000161. The number of anilines is 1. The molecule has 3 N–H and O–H groups in total. The highest BCUT2D eigenvalue weighted by Crippen LogP contribution is 2.30. The molecule has 114 valence electrons. The van der Waals surface area contributed by atoms with Crippen molar-refractivity contribution in [2.24, 2.45) is 5.73 Å². The average molecular weight is 326 g/mol. The maximum absolute atomic E-state index is 12.4. The minimum Gasteiger partial charge on any atom is -0.317 e. The Bertz CT molecular complexity index is 649. The fourth-order valence-corrected chi connectivity index (χ4v) is 3.71. The van der Waals surface area contributed by atoms with Crippen molar-refractivity contribution in [2.75, 3.05) is 5.32 Å². The van der Waals surface area contributed by atoms with Crippen LogP contribution >= 0.6 is 23.7 Å². The van der Waals surface area contributed by atoms with Gasteiger partial charge in [0.15, 0.2) is 5.13 Å². The van der Waals surface area contributed by atoms with Crippen molar-refractivity contribution in [3.05, 3.63) is 23.8 Å². The van der Waals surface area contributed by atoms with E-state index in [1.165, 1.54) is 17.8 Å². The van der Waals surface area contributed by atoms with Crippen LogP contribution in [-0.2, 0) is 4.79 Å². The van der Waals surface area contributed by atoms with Gasteiger partial charge in [-0.05, 0) is 31.4 Å². The topological polar surface area (TPSA) is 68.0 Å². The number of thiazole rings is 1. The summed E-state index contributed by atoms with van der Waals surface area (Å²) < 4.78 is 1.09. The second-order valence-corrected chi connectivity index (χ2v) is 6.64. The zero-order chi connectivity index (χ0) is 14.2. The summed E-state index contributed by atoms with van der Waals surface area (Å²) in [7, 11) is 0. The Hall–Kier alpha value is -1.17. The van der Waals surface area contributed by atoms with Gasteiger partial charge in [-0.25, -0.2) is 4.98 Å². The summed E-state index contributed by atoms with van der Waals surface area (Å²) in [6.45, 7) is 2.03. The molecule has 0 spiro atoms. The largest absolute Gasteiger partial charge is 0.317 e. The van der Waals surface area contributed by atoms with Crippen molar-refractivity contribution in [3.8, 4) is 0 Å². The molecule has 1 aromatic heterocycles. The fourth-order valence-electron chi connectivity index (χ4n) is 2.77. The van der Waals surface area contributed by atoms with E-state index in [1.807, 2.05) is 25.1 Å². The number of nitrogens with zero attached hydrogens (tertiary/aromatic N) is 1. The number of halogens is 1. The molecule has 1 aliphatic rings. The van der Waals surface area contributed by atoms with E-state index in [-0.39, 0.29) is 18.3 Å². The highest BCUT2D eigenvalue weighted by atomic mass is 35.5. The van der Waals surface area contributed by atoms with Crippen molar-refractivity contribution in [3.63, 3.8) is 0 Å². The van der Waals surface area contributed by atoms with Crippen LogP contribution in [0, 0.1) is 6.92 Å². The lowest BCUT2D eigenvalue weighted by Gasteiger charge is -2.31. The van der Waals surface area contributed by atoms with Gasteiger partial charge in [-0.15, -0.1) is 12.4 Å². The molecule has 0 bridgehead atoms. The van der Waals surface area contributed by atoms with Gasteiger partial charge in [0.1, 0.15) is 0 Å². The van der Waals surface area contributed by atoms with Crippen molar-refractivity contribution in [2.45, 2.75) is 44.6 Å². The van der Waals surface area contributed by atoms with Gasteiger partial charge >= 0.3 is 0 Å². The van der Waals surface area contributed by atoms with Crippen LogP contribution < -0.4 is 11.1 Å². The molecule has 1 aromatic carbocycles. The van der Waals surface area contributed by atoms with Gasteiger partial charge in [0.2, 0.25) is 5.91 Å². The van der Waals surface area contributed by atoms with Crippen molar-refractivity contribution in [1.82, 2.24) is 4.98 Å². The van der Waals surface area contributed by atoms with Crippen LogP contribution in [-0.4, -0.2) is 16.4 Å². The maximum Gasteiger partial charge on any atom is 0.246 e. The Morgan fingerprint density at radius 2 is 2.05 bits per heavy atom. The molecule has 2 aromatic rings. The van der Waals surface area contributed by atoms with E-state index >= 15 is 0 Å². The van der Waals surface area contributed by atoms with Crippen LogP contribution in [0.3, 0.4) is 0 Å². The van der Waals surface area contributed by atoms with E-state index < -0.39 is 5.54 Å². The monoisotopic (exact) mass is 325 g/mol. The predicted octanol–water partition coefficient (Wildman–Crippen LogP) is 3.63. The van der Waals surface area contributed by atoms with Gasteiger partial charge in [0.05, 0.1) is 15.8 Å². The minimum atomic E-state index is -0.717. The number of rotatable bonds is 2. The van der Waals surface area contributed by atoms with E-state index in [0.717, 1.165) is 41.5 Å². The molecule has 0 aliphatic heterocycles. The molecule has 4 nitrogen and oxygen atoms in total. The number of nitrogens with one attached hydrogen (secondary N) is 1. The molecule has 21 heavy (non-hydrogen) atoms. The molecular formula is C15H20ClN3OS. The van der Waals surface area contributed by atoms with E-state index in [4.69, 9.17) is 5.73 Å². The lowest BCUT2D eigenvalue weighted by atomic mass is 9.82. The Morgan fingerprint density at radius 3 is 2.71 bits per heavy atom. The van der Waals surface area contributed by atoms with E-state index in [1.54, 1.807) is 0 Å². The normalized spacial score (nSPS) is 17.2. The number of fused-ring (bicyclic) bond motifs is 1. The molecule has 1 aliphatic carbocycles. The molecule has 6 heteroatoms. The van der Waals surface area contributed by atoms with Crippen LogP contribution in [0.25, 0.3) is 10.2 Å². The number of hydrogen-bond acceptors (Lipinski definition) is 4. The second-order valence-electron chi connectivity index (χ2n) is 5.61. The number of aryl methyl sites for hydroxylation is 1. The van der Waals surface area contributed by atoms with Gasteiger partial charge in [-0.3, -0.25) is 4.79 Å². The van der Waals surface area contributed by atoms with Gasteiger partial charge in [0, 0.05) is 0 Å².